The van der Waals surface area contributed by atoms with Crippen LogP contribution in [0.15, 0.2) is 53.5 Å². The van der Waals surface area contributed by atoms with E-state index in [1.165, 1.54) is 30.3 Å². The van der Waals surface area contributed by atoms with Gasteiger partial charge in [-0.05, 0) is 23.8 Å². The highest BCUT2D eigenvalue weighted by Crippen LogP contribution is 2.32. The number of fused-ring (bicyclic) bond motifs is 1. The molecule has 0 saturated heterocycles. The van der Waals surface area contributed by atoms with Gasteiger partial charge >= 0.3 is 12.3 Å². The topological polar surface area (TPSA) is 68.5 Å². The number of ether oxygens (including phenoxy) is 1. The highest BCUT2D eigenvalue weighted by Gasteiger charge is 2.33. The van der Waals surface area contributed by atoms with Crippen molar-refractivity contribution in [2.75, 3.05) is 0 Å². The Morgan fingerprint density at radius 1 is 1.11 bits per heavy atom. The number of hydrogen-bond acceptors (Lipinski definition) is 3. The summed E-state index contributed by atoms with van der Waals surface area (Å²) in [6.45, 7) is -0.455. The molecule has 0 fully saturated rings. The summed E-state index contributed by atoms with van der Waals surface area (Å²) in [4.78, 5) is 23.1. The lowest BCUT2D eigenvalue weighted by Gasteiger charge is -2.17. The molecule has 3 aromatic rings. The highest BCUT2D eigenvalue weighted by atomic mass is 19.4. The summed E-state index contributed by atoms with van der Waals surface area (Å²) in [5, 5.41) is 8.55. The van der Waals surface area contributed by atoms with Crippen molar-refractivity contribution in [3.05, 3.63) is 75.8 Å². The van der Waals surface area contributed by atoms with E-state index in [1.54, 1.807) is 0 Å². The van der Waals surface area contributed by atoms with E-state index in [9.17, 15) is 27.2 Å². The predicted molar refractivity (Wildman–Crippen MR) is 87.4 cm³/mol. The van der Waals surface area contributed by atoms with E-state index in [2.05, 4.69) is 4.74 Å². The summed E-state index contributed by atoms with van der Waals surface area (Å²) in [6.07, 6.45) is -5.52. The zero-order chi connectivity index (χ0) is 19.8. The van der Waals surface area contributed by atoms with Crippen LogP contribution in [0.5, 0.6) is 5.75 Å². The third-order valence-electron chi connectivity index (χ3n) is 3.88. The minimum Gasteiger partial charge on any atom is -0.449 e. The van der Waals surface area contributed by atoms with Gasteiger partial charge in [-0.1, -0.05) is 24.3 Å². The number of para-hydroxylation sites is 1. The standard InChI is InChI=1S/C18H11F4NO4/c19-13-7-3-5-11-15(13)23(9-14(16(11)24)27-17(25)26)8-10-4-1-2-6-12(10)18(20,21)22/h1-7,9H,8H2,(H,25,26). The Morgan fingerprint density at radius 2 is 1.81 bits per heavy atom. The summed E-state index contributed by atoms with van der Waals surface area (Å²) < 4.78 is 59.4. The van der Waals surface area contributed by atoms with Crippen molar-refractivity contribution in [1.82, 2.24) is 4.57 Å². The fourth-order valence-electron chi connectivity index (χ4n) is 2.80. The third kappa shape index (κ3) is 3.62. The number of halogens is 4. The first kappa shape index (κ1) is 18.4. The first-order valence-electron chi connectivity index (χ1n) is 7.56. The van der Waals surface area contributed by atoms with Crippen molar-refractivity contribution in [3.8, 4) is 5.75 Å². The molecule has 0 atom stereocenters. The molecule has 0 spiro atoms. The van der Waals surface area contributed by atoms with E-state index in [0.29, 0.717) is 0 Å². The molecule has 0 radical (unpaired) electrons. The predicted octanol–water partition coefficient (Wildman–Crippen LogP) is 4.26. The van der Waals surface area contributed by atoms with Gasteiger partial charge in [0.2, 0.25) is 5.43 Å². The Hall–Kier alpha value is -3.36. The van der Waals surface area contributed by atoms with E-state index >= 15 is 0 Å². The molecule has 0 unspecified atom stereocenters. The Bertz CT molecular complexity index is 1090. The molecule has 1 N–H and O–H groups in total. The van der Waals surface area contributed by atoms with Gasteiger partial charge in [0.15, 0.2) is 5.75 Å². The Labute approximate surface area is 149 Å². The van der Waals surface area contributed by atoms with E-state index in [1.807, 2.05) is 0 Å². The first-order chi connectivity index (χ1) is 12.7. The highest BCUT2D eigenvalue weighted by molar-refractivity contribution is 5.81. The van der Waals surface area contributed by atoms with Crippen LogP contribution >= 0.6 is 0 Å². The number of nitrogens with zero attached hydrogens (tertiary/aromatic N) is 1. The molecule has 27 heavy (non-hydrogen) atoms. The number of carbonyl (C=O) groups is 1. The van der Waals surface area contributed by atoms with E-state index < -0.39 is 41.4 Å². The molecular formula is C18H11F4NO4. The van der Waals surface area contributed by atoms with Gasteiger partial charge in [-0.2, -0.15) is 13.2 Å². The Morgan fingerprint density at radius 3 is 2.48 bits per heavy atom. The van der Waals surface area contributed by atoms with Gasteiger partial charge in [0.05, 0.1) is 22.7 Å². The number of pyridine rings is 1. The SMILES string of the molecule is O=C(O)Oc1cn(Cc2ccccc2C(F)(F)F)c2c(F)cccc2c1=O. The van der Waals surface area contributed by atoms with Gasteiger partial charge < -0.3 is 14.4 Å². The second-order valence-corrected chi connectivity index (χ2v) is 5.61. The molecule has 0 amide bonds. The monoisotopic (exact) mass is 381 g/mol. The smallest absolute Gasteiger partial charge is 0.449 e. The molecule has 0 saturated carbocycles. The molecule has 0 aliphatic carbocycles. The fraction of sp³-hybridized carbons (Fsp3) is 0.111. The van der Waals surface area contributed by atoms with Gasteiger partial charge in [0, 0.05) is 6.54 Å². The largest absolute Gasteiger partial charge is 0.511 e. The molecule has 2 aromatic carbocycles. The Balaban J connectivity index is 2.25. The molecule has 5 nitrogen and oxygen atoms in total. The summed E-state index contributed by atoms with van der Waals surface area (Å²) >= 11 is 0. The van der Waals surface area contributed by atoms with Crippen LogP contribution in [0, 0.1) is 5.82 Å². The average Bonchev–Trinajstić information content (AvgIpc) is 2.58. The number of rotatable bonds is 3. The Kier molecular flexibility index (Phi) is 4.61. The second kappa shape index (κ2) is 6.75. The molecule has 0 bridgehead atoms. The minimum absolute atomic E-state index is 0.181. The van der Waals surface area contributed by atoms with E-state index in [0.717, 1.165) is 22.9 Å². The molecule has 0 aliphatic heterocycles. The van der Waals surface area contributed by atoms with Gasteiger partial charge in [-0.3, -0.25) is 4.79 Å². The van der Waals surface area contributed by atoms with Crippen molar-refractivity contribution in [1.29, 1.82) is 0 Å². The molecule has 1 heterocycles. The number of hydrogen-bond donors (Lipinski definition) is 1. The molecule has 9 heteroatoms. The molecule has 0 aliphatic rings. The fourth-order valence-corrected chi connectivity index (χ4v) is 2.80. The number of benzene rings is 2. The summed E-state index contributed by atoms with van der Waals surface area (Å²) in [5.74, 6) is -1.47. The number of alkyl halides is 3. The van der Waals surface area contributed by atoms with Gasteiger partial charge in [0.1, 0.15) is 5.82 Å². The lowest BCUT2D eigenvalue weighted by molar-refractivity contribution is -0.138. The van der Waals surface area contributed by atoms with Crippen molar-refractivity contribution < 1.29 is 32.2 Å². The van der Waals surface area contributed by atoms with Crippen molar-refractivity contribution >= 4 is 17.1 Å². The van der Waals surface area contributed by atoms with Crippen LogP contribution in [0.1, 0.15) is 11.1 Å². The quantitative estimate of drug-likeness (QED) is 0.544. The summed E-state index contributed by atoms with van der Waals surface area (Å²) in [7, 11) is 0. The lowest BCUT2D eigenvalue weighted by atomic mass is 10.1. The zero-order valence-corrected chi connectivity index (χ0v) is 13.5. The molecule has 1 aromatic heterocycles. The summed E-state index contributed by atoms with van der Waals surface area (Å²) in [5.41, 5.74) is -2.24. The van der Waals surface area contributed by atoms with Crippen LogP contribution < -0.4 is 10.2 Å². The number of carboxylic acid groups (broad SMARTS) is 1. The van der Waals surface area contributed by atoms with Crippen LogP contribution in [-0.4, -0.2) is 15.8 Å². The maximum atomic E-state index is 14.3. The van der Waals surface area contributed by atoms with Gasteiger partial charge in [-0.25, -0.2) is 9.18 Å². The zero-order valence-electron chi connectivity index (χ0n) is 13.5. The summed E-state index contributed by atoms with van der Waals surface area (Å²) in [6, 6.07) is 8.22. The van der Waals surface area contributed by atoms with Crippen molar-refractivity contribution in [3.63, 3.8) is 0 Å². The average molecular weight is 381 g/mol. The van der Waals surface area contributed by atoms with Crippen LogP contribution in [0.4, 0.5) is 22.4 Å². The van der Waals surface area contributed by atoms with E-state index in [4.69, 9.17) is 5.11 Å². The molecule has 140 valence electrons. The maximum Gasteiger partial charge on any atom is 0.511 e. The van der Waals surface area contributed by atoms with Crippen molar-refractivity contribution in [2.45, 2.75) is 12.7 Å². The maximum absolute atomic E-state index is 14.3. The van der Waals surface area contributed by atoms with Crippen LogP contribution in [0.25, 0.3) is 10.9 Å². The van der Waals surface area contributed by atoms with E-state index in [-0.39, 0.29) is 16.5 Å². The van der Waals surface area contributed by atoms with Gasteiger partial charge in [-0.15, -0.1) is 0 Å². The lowest BCUT2D eigenvalue weighted by Crippen LogP contribution is -2.18. The minimum atomic E-state index is -4.63. The first-order valence-corrected chi connectivity index (χ1v) is 7.56. The molecule has 3 rings (SSSR count). The number of aromatic nitrogens is 1. The van der Waals surface area contributed by atoms with Crippen molar-refractivity contribution in [2.24, 2.45) is 0 Å². The van der Waals surface area contributed by atoms with Crippen LogP contribution in [0.2, 0.25) is 0 Å². The second-order valence-electron chi connectivity index (χ2n) is 5.61. The van der Waals surface area contributed by atoms with Crippen LogP contribution in [0.3, 0.4) is 0 Å². The third-order valence-corrected chi connectivity index (χ3v) is 3.88. The van der Waals surface area contributed by atoms with Crippen LogP contribution in [-0.2, 0) is 12.7 Å². The van der Waals surface area contributed by atoms with Gasteiger partial charge in [0.25, 0.3) is 0 Å². The molecular weight excluding hydrogens is 370 g/mol. The normalized spacial score (nSPS) is 11.6.